The molecule has 2 aliphatic heterocycles. The molecule has 1 atom stereocenters. The molecule has 4 rings (SSSR count). The van der Waals surface area contributed by atoms with E-state index in [4.69, 9.17) is 16.3 Å². The number of carbonyl (C=O) groups excluding carboxylic acids is 2. The second-order valence-electron chi connectivity index (χ2n) is 6.03. The monoisotopic (exact) mass is 405 g/mol. The van der Waals surface area contributed by atoms with E-state index in [1.54, 1.807) is 29.2 Å². The van der Waals surface area contributed by atoms with Gasteiger partial charge in [0.15, 0.2) is 5.60 Å². The summed E-state index contributed by atoms with van der Waals surface area (Å²) in [4.78, 5) is 26.6. The highest BCUT2D eigenvalue weighted by molar-refractivity contribution is 9.10. The van der Waals surface area contributed by atoms with Gasteiger partial charge in [-0.3, -0.25) is 4.79 Å². The number of carbonyl (C=O) groups is 2. The summed E-state index contributed by atoms with van der Waals surface area (Å²) in [5, 5.41) is 0.402. The lowest BCUT2D eigenvalue weighted by Crippen LogP contribution is -2.34. The van der Waals surface area contributed by atoms with Crippen LogP contribution in [0.2, 0.25) is 5.02 Å². The molecule has 6 heteroatoms. The van der Waals surface area contributed by atoms with Gasteiger partial charge in [-0.15, -0.1) is 0 Å². The molecule has 2 aromatic rings. The average molecular weight is 407 g/mol. The molecule has 1 spiro atoms. The number of rotatable bonds is 1. The highest BCUT2D eigenvalue weighted by Crippen LogP contribution is 2.43. The summed E-state index contributed by atoms with van der Waals surface area (Å²) < 4.78 is 6.49. The lowest BCUT2D eigenvalue weighted by Gasteiger charge is -2.24. The minimum Gasteiger partial charge on any atom is -0.449 e. The maximum absolute atomic E-state index is 12.8. The van der Waals surface area contributed by atoms with E-state index in [1.165, 1.54) is 0 Å². The first-order valence-corrected chi connectivity index (χ1v) is 8.74. The van der Waals surface area contributed by atoms with Gasteiger partial charge in [-0.1, -0.05) is 45.7 Å². The van der Waals surface area contributed by atoms with Crippen LogP contribution in [0.15, 0.2) is 46.9 Å². The molecule has 2 heterocycles. The van der Waals surface area contributed by atoms with Gasteiger partial charge < -0.3 is 9.64 Å². The number of hydrogen-bond donors (Lipinski definition) is 0. The first-order valence-electron chi connectivity index (χ1n) is 7.57. The maximum atomic E-state index is 12.8. The third kappa shape index (κ3) is 2.34. The van der Waals surface area contributed by atoms with Crippen molar-refractivity contribution in [3.05, 3.63) is 68.7 Å². The number of nitrogens with zero attached hydrogens (tertiary/aromatic N) is 1. The van der Waals surface area contributed by atoms with Crippen LogP contribution >= 0.6 is 27.5 Å². The minimum absolute atomic E-state index is 0.148. The third-order valence-corrected chi connectivity index (χ3v) is 5.41. The molecule has 0 N–H and O–H groups in total. The van der Waals surface area contributed by atoms with E-state index < -0.39 is 5.60 Å². The third-order valence-electron chi connectivity index (χ3n) is 4.61. The molecule has 0 radical (unpaired) electrons. The van der Waals surface area contributed by atoms with Crippen LogP contribution in [-0.2, 0) is 10.3 Å². The number of hydrogen-bond acceptors (Lipinski definition) is 3. The summed E-state index contributed by atoms with van der Waals surface area (Å²) in [7, 11) is 0. The van der Waals surface area contributed by atoms with Crippen molar-refractivity contribution < 1.29 is 14.3 Å². The van der Waals surface area contributed by atoms with Gasteiger partial charge in [0.25, 0.3) is 5.91 Å². The number of halogens is 2. The predicted octanol–water partition coefficient (Wildman–Crippen LogP) is 4.01. The van der Waals surface area contributed by atoms with Crippen LogP contribution in [0.4, 0.5) is 0 Å². The lowest BCUT2D eigenvalue weighted by molar-refractivity contribution is -0.00306. The Morgan fingerprint density at radius 3 is 2.83 bits per heavy atom. The molecule has 122 valence electrons. The summed E-state index contributed by atoms with van der Waals surface area (Å²) in [6.45, 7) is 0.869. The molecule has 1 amide bonds. The van der Waals surface area contributed by atoms with Crippen molar-refractivity contribution >= 4 is 39.4 Å². The topological polar surface area (TPSA) is 46.6 Å². The van der Waals surface area contributed by atoms with Crippen molar-refractivity contribution in [3.63, 3.8) is 0 Å². The number of likely N-dealkylation sites (tertiary alicyclic amines) is 1. The van der Waals surface area contributed by atoms with Crippen molar-refractivity contribution in [2.24, 2.45) is 0 Å². The van der Waals surface area contributed by atoms with Crippen LogP contribution in [0.5, 0.6) is 0 Å². The van der Waals surface area contributed by atoms with Gasteiger partial charge in [0, 0.05) is 23.0 Å². The van der Waals surface area contributed by atoms with Crippen molar-refractivity contribution in [2.75, 3.05) is 13.1 Å². The highest BCUT2D eigenvalue weighted by Gasteiger charge is 2.50. The van der Waals surface area contributed by atoms with Gasteiger partial charge in [-0.25, -0.2) is 4.79 Å². The molecule has 1 fully saturated rings. The summed E-state index contributed by atoms with van der Waals surface area (Å²) >= 11 is 9.53. The summed E-state index contributed by atoms with van der Waals surface area (Å²) in [5.74, 6) is -0.466. The second-order valence-corrected chi connectivity index (χ2v) is 7.35. The minimum atomic E-state index is -0.731. The molecule has 0 saturated carbocycles. The Kier molecular flexibility index (Phi) is 3.66. The Morgan fingerprint density at radius 2 is 2.04 bits per heavy atom. The number of amides is 1. The van der Waals surface area contributed by atoms with Crippen LogP contribution in [0, 0.1) is 0 Å². The highest BCUT2D eigenvalue weighted by atomic mass is 79.9. The van der Waals surface area contributed by atoms with Crippen LogP contribution in [0.1, 0.15) is 32.7 Å². The zero-order valence-electron chi connectivity index (χ0n) is 12.6. The fourth-order valence-corrected chi connectivity index (χ4v) is 4.19. The SMILES string of the molecule is O=C1O[C@]2(CCN(C(=O)c3ccc(Br)cc3Cl)C2)c2ccccc21. The summed E-state index contributed by atoms with van der Waals surface area (Å²) in [6.07, 6.45) is 0.593. The van der Waals surface area contributed by atoms with Gasteiger partial charge in [0.1, 0.15) is 0 Å². The van der Waals surface area contributed by atoms with E-state index in [0.29, 0.717) is 35.7 Å². The lowest BCUT2D eigenvalue weighted by atomic mass is 9.91. The number of benzene rings is 2. The quantitative estimate of drug-likeness (QED) is 0.672. The molecule has 1 saturated heterocycles. The molecule has 24 heavy (non-hydrogen) atoms. The Labute approximate surface area is 152 Å². The van der Waals surface area contributed by atoms with Crippen molar-refractivity contribution in [1.82, 2.24) is 4.90 Å². The van der Waals surface area contributed by atoms with Gasteiger partial charge in [0.05, 0.1) is 22.7 Å². The second kappa shape index (κ2) is 5.60. The van der Waals surface area contributed by atoms with Gasteiger partial charge in [-0.05, 0) is 24.3 Å². The molecular weight excluding hydrogens is 394 g/mol. The first kappa shape index (κ1) is 15.7. The van der Waals surface area contributed by atoms with E-state index >= 15 is 0 Å². The Morgan fingerprint density at radius 1 is 1.25 bits per heavy atom. The van der Waals surface area contributed by atoms with E-state index in [0.717, 1.165) is 10.0 Å². The van der Waals surface area contributed by atoms with Crippen molar-refractivity contribution in [1.29, 1.82) is 0 Å². The standard InChI is InChI=1S/C18H13BrClNO3/c19-11-5-6-13(15(20)9-11)16(22)21-8-7-18(10-21)14-4-2-1-3-12(14)17(23)24-18/h1-6,9H,7-8,10H2/t18-/m0/s1. The first-order chi connectivity index (χ1) is 11.5. The summed E-state index contributed by atoms with van der Waals surface area (Å²) in [5.41, 5.74) is 1.18. The zero-order valence-corrected chi connectivity index (χ0v) is 14.9. The number of fused-ring (bicyclic) bond motifs is 2. The Bertz CT molecular complexity index is 869. The van der Waals surface area contributed by atoms with E-state index in [2.05, 4.69) is 15.9 Å². The smallest absolute Gasteiger partial charge is 0.339 e. The van der Waals surface area contributed by atoms with Crippen LogP contribution < -0.4 is 0 Å². The van der Waals surface area contributed by atoms with Crippen molar-refractivity contribution in [2.45, 2.75) is 12.0 Å². The van der Waals surface area contributed by atoms with Gasteiger partial charge >= 0.3 is 5.97 Å². The summed E-state index contributed by atoms with van der Waals surface area (Å²) in [6, 6.07) is 12.6. The molecule has 4 nitrogen and oxygen atoms in total. The molecule has 0 aromatic heterocycles. The van der Waals surface area contributed by atoms with Crippen LogP contribution in [-0.4, -0.2) is 29.9 Å². The van der Waals surface area contributed by atoms with Gasteiger partial charge in [0.2, 0.25) is 0 Å². The Hall–Kier alpha value is -1.85. The zero-order chi connectivity index (χ0) is 16.9. The molecule has 0 aliphatic carbocycles. The fraction of sp³-hybridized carbons (Fsp3) is 0.222. The molecule has 2 aliphatic rings. The number of esters is 1. The van der Waals surface area contributed by atoms with Crippen LogP contribution in [0.3, 0.4) is 0 Å². The molecule has 0 bridgehead atoms. The van der Waals surface area contributed by atoms with Crippen LogP contribution in [0.25, 0.3) is 0 Å². The fourth-order valence-electron chi connectivity index (χ4n) is 3.44. The normalized spacial score (nSPS) is 21.9. The largest absolute Gasteiger partial charge is 0.449 e. The number of ether oxygens (including phenoxy) is 1. The Balaban J connectivity index is 1.64. The molecular formula is C18H13BrClNO3. The average Bonchev–Trinajstić information content (AvgIpc) is 3.10. The maximum Gasteiger partial charge on any atom is 0.339 e. The molecule has 2 aromatic carbocycles. The van der Waals surface area contributed by atoms with Gasteiger partial charge in [-0.2, -0.15) is 0 Å². The predicted molar refractivity (Wildman–Crippen MR) is 93.2 cm³/mol. The molecule has 0 unspecified atom stereocenters. The van der Waals surface area contributed by atoms with E-state index in [1.807, 2.05) is 18.2 Å². The van der Waals surface area contributed by atoms with E-state index in [-0.39, 0.29) is 11.9 Å². The van der Waals surface area contributed by atoms with Crippen molar-refractivity contribution in [3.8, 4) is 0 Å². The van der Waals surface area contributed by atoms with E-state index in [9.17, 15) is 9.59 Å².